The molecule has 6 nitrogen and oxygen atoms in total. The van der Waals surface area contributed by atoms with Gasteiger partial charge in [0.1, 0.15) is 11.5 Å². The molecule has 4 aromatic rings. The zero-order valence-electron chi connectivity index (χ0n) is 18.7. The van der Waals surface area contributed by atoms with Gasteiger partial charge in [0.15, 0.2) is 0 Å². The van der Waals surface area contributed by atoms with Gasteiger partial charge < -0.3 is 14.8 Å². The van der Waals surface area contributed by atoms with Gasteiger partial charge in [-0.05, 0) is 55.0 Å². The minimum absolute atomic E-state index is 0.300. The summed E-state index contributed by atoms with van der Waals surface area (Å²) in [5.41, 5.74) is 3.04. The first-order valence-electron chi connectivity index (χ1n) is 11.0. The fourth-order valence-electron chi connectivity index (χ4n) is 3.70. The van der Waals surface area contributed by atoms with Gasteiger partial charge in [-0.2, -0.15) is 0 Å². The van der Waals surface area contributed by atoms with Crippen molar-refractivity contribution in [2.24, 2.45) is 0 Å². The van der Waals surface area contributed by atoms with Gasteiger partial charge in [-0.15, -0.1) is 0 Å². The van der Waals surface area contributed by atoms with Crippen LogP contribution in [0.15, 0.2) is 91.1 Å². The number of pyridine rings is 1. The maximum atomic E-state index is 12.5. The van der Waals surface area contributed by atoms with Crippen LogP contribution in [0.3, 0.4) is 0 Å². The molecule has 1 N–H and O–H groups in total. The van der Waals surface area contributed by atoms with E-state index in [0.29, 0.717) is 50.7 Å². The number of rotatable bonds is 6. The van der Waals surface area contributed by atoms with E-state index < -0.39 is 5.97 Å². The molecule has 0 saturated heterocycles. The van der Waals surface area contributed by atoms with Gasteiger partial charge >= 0.3 is 5.97 Å². The predicted molar refractivity (Wildman–Crippen MR) is 139 cm³/mol. The van der Waals surface area contributed by atoms with E-state index in [4.69, 9.17) is 32.7 Å². The van der Waals surface area contributed by atoms with Gasteiger partial charge in [-0.1, -0.05) is 53.5 Å². The van der Waals surface area contributed by atoms with Crippen LogP contribution in [0.5, 0.6) is 11.6 Å². The molecule has 8 heteroatoms. The van der Waals surface area contributed by atoms with Crippen LogP contribution in [0.1, 0.15) is 31.8 Å². The number of nitrogens with one attached hydrogen (secondary N) is 1. The van der Waals surface area contributed by atoms with Crippen LogP contribution in [0.2, 0.25) is 10.0 Å². The van der Waals surface area contributed by atoms with E-state index in [2.05, 4.69) is 10.3 Å². The van der Waals surface area contributed by atoms with Gasteiger partial charge in [0.05, 0.1) is 27.5 Å². The molecule has 1 amide bonds. The predicted octanol–water partition coefficient (Wildman–Crippen LogP) is 7.19. The third-order valence-corrected chi connectivity index (χ3v) is 6.23. The summed E-state index contributed by atoms with van der Waals surface area (Å²) in [6, 6.07) is 22.4. The van der Waals surface area contributed by atoms with E-state index >= 15 is 0 Å². The molecule has 1 aromatic heterocycles. The Kier molecular flexibility index (Phi) is 6.71. The van der Waals surface area contributed by atoms with Gasteiger partial charge in [0.2, 0.25) is 5.88 Å². The molecule has 0 atom stereocenters. The van der Waals surface area contributed by atoms with E-state index in [-0.39, 0.29) is 5.91 Å². The molecule has 0 unspecified atom stereocenters. The standard InChI is InChI=1S/C28H18Cl2N2O4/c29-22-12-9-18(15-23(22)30)27(33)32-19-10-14-26(31-16-19)35-24-8-4-7-20-21(24)11-13-25(20)36-28(34)17-5-2-1-3-6-17/h1-10,12-16H,11H2,(H,32,33). The molecule has 0 radical (unpaired) electrons. The number of hydrogen-bond donors (Lipinski definition) is 1. The number of ether oxygens (including phenoxy) is 2. The molecule has 36 heavy (non-hydrogen) atoms. The van der Waals surface area contributed by atoms with Crippen molar-refractivity contribution in [1.82, 2.24) is 4.98 Å². The second-order valence-electron chi connectivity index (χ2n) is 7.88. The Hall–Kier alpha value is -4.13. The molecule has 1 heterocycles. The number of allylic oxidation sites excluding steroid dienone is 1. The summed E-state index contributed by atoms with van der Waals surface area (Å²) in [5.74, 6) is 0.702. The number of carbonyl (C=O) groups is 2. The maximum Gasteiger partial charge on any atom is 0.343 e. The molecule has 5 rings (SSSR count). The Balaban J connectivity index is 1.26. The second kappa shape index (κ2) is 10.2. The zero-order valence-corrected chi connectivity index (χ0v) is 20.2. The lowest BCUT2D eigenvalue weighted by atomic mass is 10.1. The Morgan fingerprint density at radius 2 is 1.69 bits per heavy atom. The van der Waals surface area contributed by atoms with Crippen LogP contribution in [-0.4, -0.2) is 16.9 Å². The van der Waals surface area contributed by atoms with Crippen LogP contribution in [0, 0.1) is 0 Å². The van der Waals surface area contributed by atoms with Crippen molar-refractivity contribution < 1.29 is 19.1 Å². The highest BCUT2D eigenvalue weighted by molar-refractivity contribution is 6.42. The number of aromatic nitrogens is 1. The zero-order chi connectivity index (χ0) is 25.1. The minimum atomic E-state index is -0.416. The Morgan fingerprint density at radius 3 is 2.44 bits per heavy atom. The summed E-state index contributed by atoms with van der Waals surface area (Å²) < 4.78 is 11.6. The number of anilines is 1. The summed E-state index contributed by atoms with van der Waals surface area (Å²) in [7, 11) is 0. The number of nitrogens with zero attached hydrogens (tertiary/aromatic N) is 1. The van der Waals surface area contributed by atoms with Crippen molar-refractivity contribution in [3.8, 4) is 11.6 Å². The summed E-state index contributed by atoms with van der Waals surface area (Å²) in [5, 5.41) is 3.44. The van der Waals surface area contributed by atoms with Crippen molar-refractivity contribution in [3.63, 3.8) is 0 Å². The normalized spacial score (nSPS) is 11.9. The van der Waals surface area contributed by atoms with E-state index in [1.807, 2.05) is 30.3 Å². The lowest BCUT2D eigenvalue weighted by Gasteiger charge is -2.12. The third-order valence-electron chi connectivity index (χ3n) is 5.49. The molecule has 1 aliphatic rings. The lowest BCUT2D eigenvalue weighted by Crippen LogP contribution is -2.12. The molecule has 0 spiro atoms. The van der Waals surface area contributed by atoms with E-state index in [9.17, 15) is 9.59 Å². The Labute approximate surface area is 217 Å². The highest BCUT2D eigenvalue weighted by Gasteiger charge is 2.22. The van der Waals surface area contributed by atoms with Gasteiger partial charge in [-0.25, -0.2) is 9.78 Å². The molecular weight excluding hydrogens is 499 g/mol. The quantitative estimate of drug-likeness (QED) is 0.274. The minimum Gasteiger partial charge on any atom is -0.439 e. The second-order valence-corrected chi connectivity index (χ2v) is 8.69. The monoisotopic (exact) mass is 516 g/mol. The number of hydrogen-bond acceptors (Lipinski definition) is 5. The molecule has 0 aliphatic heterocycles. The van der Waals surface area contributed by atoms with E-state index in [0.717, 1.165) is 11.1 Å². The highest BCUT2D eigenvalue weighted by Crippen LogP contribution is 2.37. The van der Waals surface area contributed by atoms with E-state index in [1.54, 1.807) is 48.5 Å². The van der Waals surface area contributed by atoms with Crippen molar-refractivity contribution in [2.75, 3.05) is 5.32 Å². The van der Waals surface area contributed by atoms with E-state index in [1.165, 1.54) is 12.3 Å². The third kappa shape index (κ3) is 5.10. The molecule has 3 aromatic carbocycles. The number of fused-ring (bicyclic) bond motifs is 1. The molecular formula is C28H18Cl2N2O4. The number of benzene rings is 3. The van der Waals surface area contributed by atoms with Crippen molar-refractivity contribution in [3.05, 3.63) is 123 Å². The Bertz CT molecular complexity index is 1490. The van der Waals surface area contributed by atoms with Crippen LogP contribution in [0.4, 0.5) is 5.69 Å². The molecule has 0 bridgehead atoms. The number of halogens is 2. The molecule has 0 fully saturated rings. The summed E-state index contributed by atoms with van der Waals surface area (Å²) in [6.45, 7) is 0. The summed E-state index contributed by atoms with van der Waals surface area (Å²) in [4.78, 5) is 29.2. The molecule has 0 saturated carbocycles. The molecule has 178 valence electrons. The largest absolute Gasteiger partial charge is 0.439 e. The first-order valence-corrected chi connectivity index (χ1v) is 11.7. The van der Waals surface area contributed by atoms with Crippen LogP contribution < -0.4 is 10.1 Å². The smallest absolute Gasteiger partial charge is 0.343 e. The Morgan fingerprint density at radius 1 is 0.861 bits per heavy atom. The number of amides is 1. The fourth-order valence-corrected chi connectivity index (χ4v) is 4.00. The summed E-state index contributed by atoms with van der Waals surface area (Å²) >= 11 is 11.9. The van der Waals surface area contributed by atoms with Crippen molar-refractivity contribution in [1.29, 1.82) is 0 Å². The van der Waals surface area contributed by atoms with Crippen LogP contribution in [0.25, 0.3) is 5.76 Å². The maximum absolute atomic E-state index is 12.5. The number of carbonyl (C=O) groups excluding carboxylic acids is 2. The number of esters is 1. The van der Waals surface area contributed by atoms with Gasteiger partial charge in [0, 0.05) is 22.8 Å². The first-order chi connectivity index (χ1) is 17.5. The van der Waals surface area contributed by atoms with Crippen molar-refractivity contribution >= 4 is 46.5 Å². The fraction of sp³-hybridized carbons (Fsp3) is 0.0357. The van der Waals surface area contributed by atoms with Crippen molar-refractivity contribution in [2.45, 2.75) is 6.42 Å². The highest BCUT2D eigenvalue weighted by atomic mass is 35.5. The molecule has 1 aliphatic carbocycles. The first kappa shape index (κ1) is 23.6. The SMILES string of the molecule is O=C(Nc1ccc(Oc2cccc3c2CC=C3OC(=O)c2ccccc2)nc1)c1ccc(Cl)c(Cl)c1. The average Bonchev–Trinajstić information content (AvgIpc) is 3.31. The van der Waals surface area contributed by atoms with Gasteiger partial charge in [-0.3, -0.25) is 4.79 Å². The van der Waals surface area contributed by atoms with Crippen LogP contribution in [-0.2, 0) is 11.2 Å². The van der Waals surface area contributed by atoms with Crippen LogP contribution >= 0.6 is 23.2 Å². The lowest BCUT2D eigenvalue weighted by molar-refractivity contribution is 0.0692. The van der Waals surface area contributed by atoms with Gasteiger partial charge in [0.25, 0.3) is 5.91 Å². The topological polar surface area (TPSA) is 77.5 Å². The average molecular weight is 517 g/mol. The summed E-state index contributed by atoms with van der Waals surface area (Å²) in [6.07, 6.45) is 3.91.